The van der Waals surface area contributed by atoms with Crippen LogP contribution in [0.25, 0.3) is 0 Å². The number of carbonyl (C=O) groups is 1. The maximum Gasteiger partial charge on any atom is 0.419 e. The van der Waals surface area contributed by atoms with Crippen molar-refractivity contribution in [1.29, 1.82) is 0 Å². The third-order valence-corrected chi connectivity index (χ3v) is 4.61. The molecule has 0 aliphatic rings. The third kappa shape index (κ3) is 3.96. The zero-order chi connectivity index (χ0) is 16.3. The van der Waals surface area contributed by atoms with Crippen LogP contribution in [0.1, 0.15) is 42.6 Å². The van der Waals surface area contributed by atoms with Gasteiger partial charge < -0.3 is 5.32 Å². The lowest BCUT2D eigenvalue weighted by atomic mass is 9.94. The lowest BCUT2D eigenvalue weighted by Crippen LogP contribution is -2.49. The molecular weight excluding hydrogens is 354 g/mol. The first kappa shape index (κ1) is 17.9. The molecule has 0 aromatic heterocycles. The fraction of sp³-hybridized carbons (Fsp3) is 0.500. The minimum absolute atomic E-state index is 0.430. The summed E-state index contributed by atoms with van der Waals surface area (Å²) in [5, 5.41) is 3.05. The number of alkyl halides is 4. The van der Waals surface area contributed by atoms with Crippen molar-refractivity contribution in [2.75, 3.05) is 5.33 Å². The summed E-state index contributed by atoms with van der Waals surface area (Å²) in [5.41, 5.74) is -2.65. The Morgan fingerprint density at radius 3 is 2.24 bits per heavy atom. The van der Waals surface area contributed by atoms with Crippen molar-refractivity contribution < 1.29 is 22.4 Å². The molecule has 0 atom stereocenters. The summed E-state index contributed by atoms with van der Waals surface area (Å²) in [7, 11) is 0. The van der Waals surface area contributed by atoms with Crippen LogP contribution in [0.2, 0.25) is 0 Å². The average Bonchev–Trinajstić information content (AvgIpc) is 2.43. The Labute approximate surface area is 129 Å². The molecule has 1 amide bonds. The van der Waals surface area contributed by atoms with Crippen molar-refractivity contribution in [3.8, 4) is 0 Å². The van der Waals surface area contributed by atoms with Gasteiger partial charge in [-0.25, -0.2) is 4.39 Å². The molecule has 7 heteroatoms. The standard InChI is InChI=1S/C14H16BrF4NO/c1-3-13(4-2,8-15)20-12(21)9-6-5-7-10(11(9)16)14(17,18)19/h5-7H,3-4,8H2,1-2H3,(H,20,21). The zero-order valence-corrected chi connectivity index (χ0v) is 13.2. The van der Waals surface area contributed by atoms with Crippen LogP contribution in [-0.2, 0) is 6.18 Å². The minimum Gasteiger partial charge on any atom is -0.346 e. The van der Waals surface area contributed by atoms with Gasteiger partial charge in [-0.15, -0.1) is 0 Å². The van der Waals surface area contributed by atoms with Crippen LogP contribution in [0, 0.1) is 5.82 Å². The maximum absolute atomic E-state index is 13.9. The third-order valence-electron chi connectivity index (χ3n) is 3.54. The zero-order valence-electron chi connectivity index (χ0n) is 11.7. The van der Waals surface area contributed by atoms with E-state index in [2.05, 4.69) is 21.2 Å². The van der Waals surface area contributed by atoms with Crippen LogP contribution in [0.5, 0.6) is 0 Å². The van der Waals surface area contributed by atoms with E-state index in [-0.39, 0.29) is 0 Å². The average molecular weight is 370 g/mol. The molecule has 2 nitrogen and oxygen atoms in total. The minimum atomic E-state index is -4.83. The van der Waals surface area contributed by atoms with Gasteiger partial charge in [-0.05, 0) is 25.0 Å². The van der Waals surface area contributed by atoms with Gasteiger partial charge in [0.1, 0.15) is 5.82 Å². The molecule has 0 bridgehead atoms. The number of hydrogen-bond acceptors (Lipinski definition) is 1. The normalized spacial score (nSPS) is 12.3. The first-order valence-electron chi connectivity index (χ1n) is 6.45. The van der Waals surface area contributed by atoms with E-state index >= 15 is 0 Å². The fourth-order valence-corrected chi connectivity index (χ4v) is 2.82. The second kappa shape index (κ2) is 6.77. The van der Waals surface area contributed by atoms with Gasteiger partial charge >= 0.3 is 6.18 Å². The molecule has 118 valence electrons. The van der Waals surface area contributed by atoms with Gasteiger partial charge in [0.25, 0.3) is 5.91 Å². The largest absolute Gasteiger partial charge is 0.419 e. The van der Waals surface area contributed by atoms with Gasteiger partial charge in [0, 0.05) is 10.9 Å². The predicted octanol–water partition coefficient (Wildman–Crippen LogP) is 4.53. The van der Waals surface area contributed by atoms with E-state index in [1.165, 1.54) is 0 Å². The second-order valence-corrected chi connectivity index (χ2v) is 5.30. The van der Waals surface area contributed by atoms with Crippen LogP contribution in [-0.4, -0.2) is 16.8 Å². The summed E-state index contributed by atoms with van der Waals surface area (Å²) in [6.07, 6.45) is -3.69. The van der Waals surface area contributed by atoms with Gasteiger partial charge in [-0.1, -0.05) is 35.8 Å². The molecule has 0 unspecified atom stereocenters. The molecule has 1 rings (SSSR count). The van der Waals surface area contributed by atoms with Crippen LogP contribution < -0.4 is 5.32 Å². The number of nitrogens with one attached hydrogen (secondary N) is 1. The lowest BCUT2D eigenvalue weighted by Gasteiger charge is -2.31. The van der Waals surface area contributed by atoms with Crippen LogP contribution in [0.4, 0.5) is 17.6 Å². The van der Waals surface area contributed by atoms with Gasteiger partial charge in [0.2, 0.25) is 0 Å². The summed E-state index contributed by atoms with van der Waals surface area (Å²) in [5.74, 6) is -2.39. The SMILES string of the molecule is CCC(CC)(CBr)NC(=O)c1cccc(C(F)(F)F)c1F. The van der Waals surface area contributed by atoms with Crippen molar-refractivity contribution in [1.82, 2.24) is 5.32 Å². The van der Waals surface area contributed by atoms with Gasteiger partial charge in [0.15, 0.2) is 0 Å². The van der Waals surface area contributed by atoms with Crippen molar-refractivity contribution in [2.45, 2.75) is 38.4 Å². The van der Waals surface area contributed by atoms with E-state index in [0.29, 0.717) is 24.2 Å². The Balaban J connectivity index is 3.15. The molecular formula is C14H16BrF4NO. The number of benzene rings is 1. The molecule has 1 aromatic rings. The van der Waals surface area contributed by atoms with E-state index in [9.17, 15) is 22.4 Å². The monoisotopic (exact) mass is 369 g/mol. The molecule has 0 aliphatic heterocycles. The highest BCUT2D eigenvalue weighted by molar-refractivity contribution is 9.09. The van der Waals surface area contributed by atoms with Crippen LogP contribution in [0.15, 0.2) is 18.2 Å². The van der Waals surface area contributed by atoms with Crippen molar-refractivity contribution in [3.05, 3.63) is 35.1 Å². The smallest absolute Gasteiger partial charge is 0.346 e. The summed E-state index contributed by atoms with van der Waals surface area (Å²) in [4.78, 5) is 12.1. The summed E-state index contributed by atoms with van der Waals surface area (Å²) in [6, 6.07) is 2.68. The molecule has 1 aromatic carbocycles. The quantitative estimate of drug-likeness (QED) is 0.599. The fourth-order valence-electron chi connectivity index (χ4n) is 1.88. The second-order valence-electron chi connectivity index (χ2n) is 4.74. The van der Waals surface area contributed by atoms with E-state index in [4.69, 9.17) is 0 Å². The number of rotatable bonds is 5. The van der Waals surface area contributed by atoms with E-state index in [1.807, 2.05) is 13.8 Å². The van der Waals surface area contributed by atoms with Crippen LogP contribution >= 0.6 is 15.9 Å². The number of halogens is 5. The van der Waals surface area contributed by atoms with Crippen molar-refractivity contribution in [2.24, 2.45) is 0 Å². The number of amides is 1. The number of hydrogen-bond donors (Lipinski definition) is 1. The summed E-state index contributed by atoms with van der Waals surface area (Å²) in [6.45, 7) is 3.68. The molecule has 0 saturated heterocycles. The number of carbonyl (C=O) groups excluding carboxylic acids is 1. The molecule has 0 radical (unpaired) electrons. The highest BCUT2D eigenvalue weighted by Crippen LogP contribution is 2.32. The van der Waals surface area contributed by atoms with Crippen molar-refractivity contribution >= 4 is 21.8 Å². The van der Waals surface area contributed by atoms with Gasteiger partial charge in [-0.2, -0.15) is 13.2 Å². The Bertz CT molecular complexity index is 504. The summed E-state index contributed by atoms with van der Waals surface area (Å²) < 4.78 is 51.9. The first-order chi connectivity index (χ1) is 9.70. The lowest BCUT2D eigenvalue weighted by molar-refractivity contribution is -0.140. The van der Waals surface area contributed by atoms with Crippen molar-refractivity contribution in [3.63, 3.8) is 0 Å². The topological polar surface area (TPSA) is 29.1 Å². The van der Waals surface area contributed by atoms with E-state index in [1.54, 1.807) is 0 Å². The molecule has 0 saturated carbocycles. The molecule has 0 spiro atoms. The Morgan fingerprint density at radius 1 is 1.24 bits per heavy atom. The molecule has 0 heterocycles. The molecule has 1 N–H and O–H groups in total. The molecule has 0 fully saturated rings. The van der Waals surface area contributed by atoms with E-state index < -0.39 is 34.6 Å². The Hall–Kier alpha value is -1.11. The summed E-state index contributed by atoms with van der Waals surface area (Å²) >= 11 is 3.27. The predicted molar refractivity (Wildman–Crippen MR) is 76.0 cm³/mol. The molecule has 21 heavy (non-hydrogen) atoms. The van der Waals surface area contributed by atoms with Gasteiger partial charge in [0.05, 0.1) is 11.1 Å². The highest BCUT2D eigenvalue weighted by Gasteiger charge is 2.36. The van der Waals surface area contributed by atoms with Gasteiger partial charge in [-0.3, -0.25) is 4.79 Å². The first-order valence-corrected chi connectivity index (χ1v) is 7.57. The maximum atomic E-state index is 13.9. The van der Waals surface area contributed by atoms with Crippen LogP contribution in [0.3, 0.4) is 0 Å². The van der Waals surface area contributed by atoms with E-state index in [0.717, 1.165) is 12.1 Å². The molecule has 0 aliphatic carbocycles. The Morgan fingerprint density at radius 2 is 1.81 bits per heavy atom. The highest BCUT2D eigenvalue weighted by atomic mass is 79.9. The Kier molecular flexibility index (Phi) is 5.78.